The van der Waals surface area contributed by atoms with Crippen LogP contribution < -0.4 is 5.73 Å². The zero-order valence-electron chi connectivity index (χ0n) is 11.2. The Morgan fingerprint density at radius 3 is 2.38 bits per heavy atom. The zero-order chi connectivity index (χ0) is 12.3. The lowest BCUT2D eigenvalue weighted by atomic mass is 9.95. The lowest BCUT2D eigenvalue weighted by Crippen LogP contribution is -2.12. The van der Waals surface area contributed by atoms with Gasteiger partial charge in [-0.05, 0) is 29.9 Å². The van der Waals surface area contributed by atoms with E-state index in [4.69, 9.17) is 5.73 Å². The van der Waals surface area contributed by atoms with Gasteiger partial charge in [0.1, 0.15) is 0 Å². The standard InChI is InChI=1S/C14H25NS/c1-6-10(2)9-11(15)12-7-8-13(16-12)14(3,4)5/h7-8,10-11H,6,9,15H2,1-5H3. The van der Waals surface area contributed by atoms with Crippen molar-refractivity contribution in [3.8, 4) is 0 Å². The van der Waals surface area contributed by atoms with Crippen LogP contribution in [0, 0.1) is 5.92 Å². The van der Waals surface area contributed by atoms with E-state index >= 15 is 0 Å². The van der Waals surface area contributed by atoms with Crippen LogP contribution in [0.4, 0.5) is 0 Å². The lowest BCUT2D eigenvalue weighted by molar-refractivity contribution is 0.465. The first-order valence-corrected chi connectivity index (χ1v) is 7.02. The minimum atomic E-state index is 0.219. The molecule has 1 nitrogen and oxygen atoms in total. The van der Waals surface area contributed by atoms with E-state index in [2.05, 4.69) is 46.8 Å². The van der Waals surface area contributed by atoms with E-state index in [1.54, 1.807) is 0 Å². The molecule has 92 valence electrons. The van der Waals surface area contributed by atoms with Crippen molar-refractivity contribution in [2.75, 3.05) is 0 Å². The molecule has 1 aromatic heterocycles. The summed E-state index contributed by atoms with van der Waals surface area (Å²) >= 11 is 1.88. The van der Waals surface area contributed by atoms with Crippen LogP contribution in [0.3, 0.4) is 0 Å². The molecule has 0 aromatic carbocycles. The fourth-order valence-corrected chi connectivity index (χ4v) is 2.75. The highest BCUT2D eigenvalue weighted by molar-refractivity contribution is 7.12. The van der Waals surface area contributed by atoms with Crippen molar-refractivity contribution in [3.05, 3.63) is 21.9 Å². The Kier molecular flexibility index (Phi) is 4.57. The van der Waals surface area contributed by atoms with Gasteiger partial charge in [0.15, 0.2) is 0 Å². The Morgan fingerprint density at radius 2 is 1.94 bits per heavy atom. The molecule has 0 saturated carbocycles. The quantitative estimate of drug-likeness (QED) is 0.823. The molecule has 0 aliphatic heterocycles. The summed E-state index contributed by atoms with van der Waals surface area (Å²) in [6.45, 7) is 11.3. The molecule has 2 N–H and O–H groups in total. The van der Waals surface area contributed by atoms with Crippen molar-refractivity contribution in [2.24, 2.45) is 11.7 Å². The molecular formula is C14H25NS. The second-order valence-corrected chi connectivity index (χ2v) is 6.92. The molecule has 0 fully saturated rings. The third-order valence-corrected chi connectivity index (χ3v) is 4.73. The first-order chi connectivity index (χ1) is 7.34. The Balaban J connectivity index is 2.71. The van der Waals surface area contributed by atoms with Crippen LogP contribution in [-0.2, 0) is 5.41 Å². The number of rotatable bonds is 4. The van der Waals surface area contributed by atoms with Gasteiger partial charge < -0.3 is 5.73 Å². The van der Waals surface area contributed by atoms with Crippen LogP contribution >= 0.6 is 11.3 Å². The molecule has 0 aliphatic rings. The van der Waals surface area contributed by atoms with Gasteiger partial charge >= 0.3 is 0 Å². The SMILES string of the molecule is CCC(C)CC(N)c1ccc(C(C)(C)C)s1. The molecule has 2 unspecified atom stereocenters. The Morgan fingerprint density at radius 1 is 1.31 bits per heavy atom. The van der Waals surface area contributed by atoms with Crippen LogP contribution in [-0.4, -0.2) is 0 Å². The first-order valence-electron chi connectivity index (χ1n) is 6.20. The predicted molar refractivity (Wildman–Crippen MR) is 74.0 cm³/mol. The number of nitrogens with two attached hydrogens (primary N) is 1. The van der Waals surface area contributed by atoms with Crippen molar-refractivity contribution < 1.29 is 0 Å². The summed E-state index contributed by atoms with van der Waals surface area (Å²) in [5.41, 5.74) is 6.49. The van der Waals surface area contributed by atoms with Crippen LogP contribution in [0.5, 0.6) is 0 Å². The van der Waals surface area contributed by atoms with Crippen molar-refractivity contribution in [1.82, 2.24) is 0 Å². The summed E-state index contributed by atoms with van der Waals surface area (Å²) in [7, 11) is 0. The maximum Gasteiger partial charge on any atom is 0.0392 e. The summed E-state index contributed by atoms with van der Waals surface area (Å²) < 4.78 is 0. The molecule has 0 bridgehead atoms. The van der Waals surface area contributed by atoms with Gasteiger partial charge in [0.25, 0.3) is 0 Å². The fourth-order valence-electron chi connectivity index (χ4n) is 1.67. The molecule has 1 heterocycles. The maximum atomic E-state index is 6.24. The van der Waals surface area contributed by atoms with E-state index in [0.717, 1.165) is 12.3 Å². The highest BCUT2D eigenvalue weighted by Crippen LogP contribution is 2.33. The lowest BCUT2D eigenvalue weighted by Gasteiger charge is -2.17. The van der Waals surface area contributed by atoms with E-state index < -0.39 is 0 Å². The summed E-state index contributed by atoms with van der Waals surface area (Å²) in [5, 5.41) is 0. The first kappa shape index (κ1) is 13.7. The molecule has 1 rings (SSSR count). The Hall–Kier alpha value is -0.340. The van der Waals surface area contributed by atoms with Gasteiger partial charge in [-0.15, -0.1) is 11.3 Å². The monoisotopic (exact) mass is 239 g/mol. The third kappa shape index (κ3) is 3.60. The van der Waals surface area contributed by atoms with Gasteiger partial charge in [0.2, 0.25) is 0 Å². The summed E-state index contributed by atoms with van der Waals surface area (Å²) in [6.07, 6.45) is 2.31. The minimum Gasteiger partial charge on any atom is -0.323 e. The average molecular weight is 239 g/mol. The maximum absolute atomic E-state index is 6.24. The van der Waals surface area contributed by atoms with Crippen LogP contribution in [0.1, 0.15) is 63.3 Å². The van der Waals surface area contributed by atoms with Gasteiger partial charge in [0, 0.05) is 15.8 Å². The molecular weight excluding hydrogens is 214 g/mol. The van der Waals surface area contributed by atoms with E-state index in [1.807, 2.05) is 11.3 Å². The number of hydrogen-bond donors (Lipinski definition) is 1. The van der Waals surface area contributed by atoms with Crippen LogP contribution in [0.2, 0.25) is 0 Å². The smallest absolute Gasteiger partial charge is 0.0392 e. The third-order valence-electron chi connectivity index (χ3n) is 3.08. The van der Waals surface area contributed by atoms with Crippen molar-refractivity contribution in [3.63, 3.8) is 0 Å². The molecule has 0 aliphatic carbocycles. The summed E-state index contributed by atoms with van der Waals surface area (Å²) in [4.78, 5) is 2.77. The molecule has 2 heteroatoms. The van der Waals surface area contributed by atoms with E-state index in [0.29, 0.717) is 0 Å². The van der Waals surface area contributed by atoms with E-state index in [-0.39, 0.29) is 11.5 Å². The number of thiophene rings is 1. The summed E-state index contributed by atoms with van der Waals surface area (Å²) in [5.74, 6) is 0.718. The van der Waals surface area contributed by atoms with Gasteiger partial charge in [-0.1, -0.05) is 41.0 Å². The molecule has 0 radical (unpaired) electrons. The van der Waals surface area contributed by atoms with Crippen LogP contribution in [0.25, 0.3) is 0 Å². The van der Waals surface area contributed by atoms with Crippen molar-refractivity contribution >= 4 is 11.3 Å². The van der Waals surface area contributed by atoms with Gasteiger partial charge in [-0.3, -0.25) is 0 Å². The van der Waals surface area contributed by atoms with Crippen molar-refractivity contribution in [1.29, 1.82) is 0 Å². The highest BCUT2D eigenvalue weighted by atomic mass is 32.1. The Bertz CT molecular complexity index is 322. The second-order valence-electron chi connectivity index (χ2n) is 5.81. The molecule has 1 aromatic rings. The molecule has 0 saturated heterocycles. The van der Waals surface area contributed by atoms with E-state index in [9.17, 15) is 0 Å². The largest absolute Gasteiger partial charge is 0.323 e. The average Bonchev–Trinajstić information content (AvgIpc) is 2.65. The van der Waals surface area contributed by atoms with Crippen LogP contribution in [0.15, 0.2) is 12.1 Å². The predicted octanol–water partition coefficient (Wildman–Crippen LogP) is 4.48. The highest BCUT2D eigenvalue weighted by Gasteiger charge is 2.18. The van der Waals surface area contributed by atoms with E-state index in [1.165, 1.54) is 16.2 Å². The summed E-state index contributed by atoms with van der Waals surface area (Å²) in [6, 6.07) is 4.66. The van der Waals surface area contributed by atoms with Gasteiger partial charge in [-0.25, -0.2) is 0 Å². The Labute approximate surface area is 104 Å². The molecule has 16 heavy (non-hydrogen) atoms. The van der Waals surface area contributed by atoms with Gasteiger partial charge in [0.05, 0.1) is 0 Å². The van der Waals surface area contributed by atoms with Crippen molar-refractivity contribution in [2.45, 2.75) is 58.9 Å². The number of hydrogen-bond acceptors (Lipinski definition) is 2. The fraction of sp³-hybridized carbons (Fsp3) is 0.714. The molecule has 0 amide bonds. The second kappa shape index (κ2) is 5.33. The molecule has 2 atom stereocenters. The molecule has 0 spiro atoms. The minimum absolute atomic E-state index is 0.219. The zero-order valence-corrected chi connectivity index (χ0v) is 12.0. The normalized spacial score (nSPS) is 16.1. The van der Waals surface area contributed by atoms with Gasteiger partial charge in [-0.2, -0.15) is 0 Å². The topological polar surface area (TPSA) is 26.0 Å².